The maximum absolute atomic E-state index is 6.13. The van der Waals surface area contributed by atoms with Gasteiger partial charge < -0.3 is 0 Å². The van der Waals surface area contributed by atoms with Gasteiger partial charge in [0.1, 0.15) is 0 Å². The van der Waals surface area contributed by atoms with Gasteiger partial charge in [-0.05, 0) is 48.6 Å². The van der Waals surface area contributed by atoms with Gasteiger partial charge in [0.15, 0.2) is 0 Å². The standard InChI is InChI=1S/C21H14Cl2N6/c22-14-3-4-17-19(11-14)25-7-5-20(17)29-21(6-8-26-29)18-2-1-9-28(27-18)16-10-15(23)12-24-13-16/h1-13,27H. The highest BCUT2D eigenvalue weighted by Crippen LogP contribution is 2.27. The highest BCUT2D eigenvalue weighted by atomic mass is 35.5. The van der Waals surface area contributed by atoms with Gasteiger partial charge in [-0.1, -0.05) is 23.2 Å². The van der Waals surface area contributed by atoms with Gasteiger partial charge in [0, 0.05) is 29.0 Å². The molecular weight excluding hydrogens is 407 g/mol. The summed E-state index contributed by atoms with van der Waals surface area (Å²) in [5.74, 6) is 0. The molecule has 8 heteroatoms. The molecule has 142 valence electrons. The van der Waals surface area contributed by atoms with Crippen molar-refractivity contribution in [2.24, 2.45) is 0 Å². The molecule has 0 radical (unpaired) electrons. The SMILES string of the molecule is Clc1cncc(N2C=CC=C(c3ccnn3-c3ccnc4cc(Cl)ccc34)N2)c1. The van der Waals surface area contributed by atoms with Crippen LogP contribution in [0.5, 0.6) is 0 Å². The van der Waals surface area contributed by atoms with Crippen molar-refractivity contribution >= 4 is 45.5 Å². The number of hydrazine groups is 1. The zero-order chi connectivity index (χ0) is 19.8. The van der Waals surface area contributed by atoms with Gasteiger partial charge in [0.2, 0.25) is 0 Å². The second-order valence-corrected chi connectivity index (χ2v) is 7.26. The van der Waals surface area contributed by atoms with Crippen molar-refractivity contribution in [3.63, 3.8) is 0 Å². The van der Waals surface area contributed by atoms with Crippen molar-refractivity contribution in [2.75, 3.05) is 5.01 Å². The number of hydrogen-bond donors (Lipinski definition) is 1. The molecule has 0 amide bonds. The molecule has 0 atom stereocenters. The van der Waals surface area contributed by atoms with Crippen molar-refractivity contribution in [1.82, 2.24) is 25.2 Å². The minimum absolute atomic E-state index is 0.570. The first-order valence-corrected chi connectivity index (χ1v) is 9.59. The number of rotatable bonds is 3. The van der Waals surface area contributed by atoms with Gasteiger partial charge >= 0.3 is 0 Å². The van der Waals surface area contributed by atoms with E-state index in [4.69, 9.17) is 23.2 Å². The molecule has 0 bridgehead atoms. The predicted molar refractivity (Wildman–Crippen MR) is 116 cm³/mol. The van der Waals surface area contributed by atoms with Gasteiger partial charge in [0.25, 0.3) is 0 Å². The van der Waals surface area contributed by atoms with Crippen LogP contribution in [0.3, 0.4) is 0 Å². The highest BCUT2D eigenvalue weighted by Gasteiger charge is 2.17. The maximum Gasteiger partial charge on any atom is 0.0918 e. The molecule has 1 aliphatic heterocycles. The van der Waals surface area contributed by atoms with Crippen LogP contribution in [-0.2, 0) is 0 Å². The summed E-state index contributed by atoms with van der Waals surface area (Å²) in [6.45, 7) is 0. The third-order valence-corrected chi connectivity index (χ3v) is 4.98. The molecular formula is C21H14Cl2N6. The second-order valence-electron chi connectivity index (χ2n) is 6.38. The normalized spacial score (nSPS) is 13.4. The first-order valence-electron chi connectivity index (χ1n) is 8.83. The summed E-state index contributed by atoms with van der Waals surface area (Å²) in [6, 6.07) is 11.4. The molecule has 1 aliphatic rings. The molecule has 0 saturated carbocycles. The third-order valence-electron chi connectivity index (χ3n) is 4.54. The minimum Gasteiger partial charge on any atom is -0.292 e. The molecule has 1 aromatic carbocycles. The number of halogens is 2. The molecule has 0 fully saturated rings. The van der Waals surface area contributed by atoms with Crippen molar-refractivity contribution in [3.8, 4) is 5.69 Å². The van der Waals surface area contributed by atoms with E-state index in [0.717, 1.165) is 33.7 Å². The van der Waals surface area contributed by atoms with Gasteiger partial charge in [0.05, 0.1) is 45.7 Å². The van der Waals surface area contributed by atoms with Crippen molar-refractivity contribution in [3.05, 3.63) is 95.3 Å². The van der Waals surface area contributed by atoms with Gasteiger partial charge in [-0.25, -0.2) is 4.68 Å². The number of pyridine rings is 2. The Morgan fingerprint density at radius 2 is 1.86 bits per heavy atom. The van der Waals surface area contributed by atoms with E-state index in [1.165, 1.54) is 0 Å². The number of aromatic nitrogens is 4. The monoisotopic (exact) mass is 420 g/mol. The van der Waals surface area contributed by atoms with E-state index in [-0.39, 0.29) is 0 Å². The predicted octanol–water partition coefficient (Wildman–Crippen LogP) is 5.00. The summed E-state index contributed by atoms with van der Waals surface area (Å²) >= 11 is 12.2. The van der Waals surface area contributed by atoms with Crippen molar-refractivity contribution in [2.45, 2.75) is 0 Å². The quantitative estimate of drug-likeness (QED) is 0.505. The Balaban J connectivity index is 1.55. The second kappa shape index (κ2) is 7.24. The smallest absolute Gasteiger partial charge is 0.0918 e. The molecule has 6 nitrogen and oxygen atoms in total. The van der Waals surface area contributed by atoms with Crippen LogP contribution >= 0.6 is 23.2 Å². The summed E-state index contributed by atoms with van der Waals surface area (Å²) in [7, 11) is 0. The zero-order valence-corrected chi connectivity index (χ0v) is 16.5. The van der Waals surface area contributed by atoms with Crippen LogP contribution in [0.25, 0.3) is 22.3 Å². The number of nitrogens with one attached hydrogen (secondary N) is 1. The Kier molecular flexibility index (Phi) is 4.42. The molecule has 0 aliphatic carbocycles. The molecule has 29 heavy (non-hydrogen) atoms. The lowest BCUT2D eigenvalue weighted by atomic mass is 10.2. The Morgan fingerprint density at radius 3 is 2.76 bits per heavy atom. The fourth-order valence-electron chi connectivity index (χ4n) is 3.25. The van der Waals surface area contributed by atoms with E-state index in [0.29, 0.717) is 10.0 Å². The molecule has 4 heterocycles. The number of benzene rings is 1. The van der Waals surface area contributed by atoms with Crippen LogP contribution in [0.4, 0.5) is 5.69 Å². The lowest BCUT2D eigenvalue weighted by molar-refractivity contribution is 0.829. The van der Waals surface area contributed by atoms with Crippen LogP contribution in [0.15, 0.2) is 79.5 Å². The molecule has 1 N–H and O–H groups in total. The first-order chi connectivity index (χ1) is 14.2. The Bertz CT molecular complexity index is 1280. The van der Waals surface area contributed by atoms with Gasteiger partial charge in [-0.2, -0.15) is 5.10 Å². The maximum atomic E-state index is 6.13. The molecule has 5 rings (SSSR count). The van der Waals surface area contributed by atoms with Gasteiger partial charge in [-0.3, -0.25) is 20.4 Å². The molecule has 0 spiro atoms. The summed E-state index contributed by atoms with van der Waals surface area (Å²) in [6.07, 6.45) is 12.7. The van der Waals surface area contributed by atoms with Crippen molar-refractivity contribution in [1.29, 1.82) is 0 Å². The zero-order valence-electron chi connectivity index (χ0n) is 15.0. The van der Waals surface area contributed by atoms with Crippen LogP contribution in [0.1, 0.15) is 5.69 Å². The topological polar surface area (TPSA) is 58.9 Å². The number of nitrogens with zero attached hydrogens (tertiary/aromatic N) is 5. The van der Waals surface area contributed by atoms with Crippen LogP contribution in [-0.4, -0.2) is 19.7 Å². The Hall–Kier alpha value is -3.35. The average Bonchev–Trinajstić information content (AvgIpc) is 3.23. The average molecular weight is 421 g/mol. The Morgan fingerprint density at radius 1 is 0.931 bits per heavy atom. The summed E-state index contributed by atoms with van der Waals surface area (Å²) in [4.78, 5) is 8.57. The van der Waals surface area contributed by atoms with Crippen LogP contribution in [0.2, 0.25) is 10.0 Å². The number of fused-ring (bicyclic) bond motifs is 1. The fraction of sp³-hybridized carbons (Fsp3) is 0. The fourth-order valence-corrected chi connectivity index (χ4v) is 3.58. The summed E-state index contributed by atoms with van der Waals surface area (Å²) < 4.78 is 1.88. The van der Waals surface area contributed by atoms with Crippen molar-refractivity contribution < 1.29 is 0 Å². The molecule has 3 aromatic heterocycles. The highest BCUT2D eigenvalue weighted by molar-refractivity contribution is 6.31. The van der Waals surface area contributed by atoms with E-state index in [1.54, 1.807) is 24.8 Å². The lowest BCUT2D eigenvalue weighted by Crippen LogP contribution is -2.34. The largest absolute Gasteiger partial charge is 0.292 e. The van der Waals surface area contributed by atoms with Crippen LogP contribution in [0, 0.1) is 0 Å². The summed E-state index contributed by atoms with van der Waals surface area (Å²) in [5.41, 5.74) is 7.71. The molecule has 0 saturated heterocycles. The van der Waals surface area contributed by atoms with E-state index in [2.05, 4.69) is 20.5 Å². The van der Waals surface area contributed by atoms with Gasteiger partial charge in [-0.15, -0.1) is 0 Å². The van der Waals surface area contributed by atoms with E-state index >= 15 is 0 Å². The molecule has 0 unspecified atom stereocenters. The van der Waals surface area contributed by atoms with E-state index in [9.17, 15) is 0 Å². The minimum atomic E-state index is 0.570. The molecule has 4 aromatic rings. The Labute approximate surface area is 176 Å². The first kappa shape index (κ1) is 17.7. The number of anilines is 1. The lowest BCUT2D eigenvalue weighted by Gasteiger charge is -2.27. The van der Waals surface area contributed by atoms with E-state index < -0.39 is 0 Å². The summed E-state index contributed by atoms with van der Waals surface area (Å²) in [5, 5.41) is 8.58. The number of hydrogen-bond acceptors (Lipinski definition) is 5. The van der Waals surface area contributed by atoms with E-state index in [1.807, 2.05) is 64.4 Å². The number of allylic oxidation sites excluding steroid dienone is 2. The van der Waals surface area contributed by atoms with Crippen LogP contribution < -0.4 is 10.4 Å². The third kappa shape index (κ3) is 3.33.